The maximum Gasteiger partial charge on any atom is 0.416 e. The lowest BCUT2D eigenvalue weighted by molar-refractivity contribution is -0.137. The number of hydrogen-bond acceptors (Lipinski definition) is 4. The summed E-state index contributed by atoms with van der Waals surface area (Å²) in [5.41, 5.74) is 1.16. The number of nitrogens with zero attached hydrogens (tertiary/aromatic N) is 2. The zero-order valence-corrected chi connectivity index (χ0v) is 27.1. The average Bonchev–Trinajstić information content (AvgIpc) is 3.37. The second-order valence-corrected chi connectivity index (χ2v) is 17.8. The van der Waals surface area contributed by atoms with Crippen molar-refractivity contribution in [3.05, 3.63) is 95.8 Å². The maximum atomic E-state index is 13.2. The fraction of sp³-hybridized carbons (Fsp3) is 0.250. The molecule has 0 spiro atoms. The molecule has 0 radical (unpaired) electrons. The van der Waals surface area contributed by atoms with Gasteiger partial charge in [0.05, 0.1) is 16.6 Å². The van der Waals surface area contributed by atoms with Crippen LogP contribution in [0.5, 0.6) is 11.5 Å². The monoisotopic (exact) mass is 717 g/mol. The molecule has 0 saturated carbocycles. The van der Waals surface area contributed by atoms with Crippen molar-refractivity contribution in [1.82, 2.24) is 9.55 Å². The summed E-state index contributed by atoms with van der Waals surface area (Å²) in [6.07, 6.45) is -2.57. The minimum atomic E-state index is -4.51. The molecule has 0 aliphatic carbocycles. The molecule has 0 aliphatic heterocycles. The number of alkyl halides is 4. The minimum absolute atomic E-state index is 0.0590. The summed E-state index contributed by atoms with van der Waals surface area (Å²) in [6.45, 7) is 8.04. The van der Waals surface area contributed by atoms with Crippen molar-refractivity contribution in [3.8, 4) is 11.5 Å². The number of benzene rings is 3. The van der Waals surface area contributed by atoms with Crippen LogP contribution in [0.4, 0.5) is 18.9 Å². The predicted molar refractivity (Wildman–Crippen MR) is 175 cm³/mol. The average molecular weight is 718 g/mol. The number of anilines is 1. The third-order valence-corrected chi connectivity index (χ3v) is 9.39. The molecular weight excluding hydrogens is 686 g/mol. The summed E-state index contributed by atoms with van der Waals surface area (Å²) in [7, 11) is -1.20. The van der Waals surface area contributed by atoms with Gasteiger partial charge in [0.2, 0.25) is 0 Å². The van der Waals surface area contributed by atoms with Gasteiger partial charge < -0.3 is 19.4 Å². The van der Waals surface area contributed by atoms with Crippen LogP contribution in [-0.4, -0.2) is 30.1 Å². The van der Waals surface area contributed by atoms with Crippen LogP contribution < -0.4 is 10.1 Å². The SMILES string of the molecule is C[Si](C)(C)CCOCn1ccc2c(Oc3cccc4c(C(=O)Nc5cccc(C(F)(F)F)c5)cccc34)cc(CI)nc21. The molecule has 0 bridgehead atoms. The van der Waals surface area contributed by atoms with Crippen molar-refractivity contribution in [2.75, 3.05) is 11.9 Å². The van der Waals surface area contributed by atoms with Crippen molar-refractivity contribution in [3.63, 3.8) is 0 Å². The summed E-state index contributed by atoms with van der Waals surface area (Å²) in [4.78, 5) is 18.1. The molecule has 1 amide bonds. The van der Waals surface area contributed by atoms with E-state index in [1.807, 2.05) is 35.0 Å². The Kier molecular flexibility index (Phi) is 9.14. The first-order valence-corrected chi connectivity index (χ1v) is 19.0. The van der Waals surface area contributed by atoms with E-state index >= 15 is 0 Å². The van der Waals surface area contributed by atoms with Gasteiger partial charge in [0.15, 0.2) is 0 Å². The number of fused-ring (bicyclic) bond motifs is 2. The van der Waals surface area contributed by atoms with Gasteiger partial charge in [-0.05, 0) is 47.8 Å². The number of carbonyl (C=O) groups excluding carboxylic acids is 1. The van der Waals surface area contributed by atoms with E-state index in [-0.39, 0.29) is 5.69 Å². The van der Waals surface area contributed by atoms with Gasteiger partial charge in [-0.1, -0.05) is 72.6 Å². The Labute approximate surface area is 262 Å². The molecular formula is C32H31F3IN3O3Si. The minimum Gasteiger partial charge on any atom is -0.456 e. The summed E-state index contributed by atoms with van der Waals surface area (Å²) >= 11 is 2.27. The maximum absolute atomic E-state index is 13.2. The van der Waals surface area contributed by atoms with E-state index in [0.717, 1.165) is 34.9 Å². The lowest BCUT2D eigenvalue weighted by Crippen LogP contribution is -2.22. The molecule has 0 atom stereocenters. The van der Waals surface area contributed by atoms with Crippen LogP contribution in [0.25, 0.3) is 21.8 Å². The molecule has 1 N–H and O–H groups in total. The number of halogens is 4. The van der Waals surface area contributed by atoms with Gasteiger partial charge in [0.25, 0.3) is 5.91 Å². The van der Waals surface area contributed by atoms with Gasteiger partial charge in [-0.15, -0.1) is 0 Å². The Morgan fingerprint density at radius 2 is 1.70 bits per heavy atom. The van der Waals surface area contributed by atoms with E-state index in [4.69, 9.17) is 14.5 Å². The van der Waals surface area contributed by atoms with Crippen LogP contribution in [0.3, 0.4) is 0 Å². The first kappa shape index (κ1) is 31.0. The molecule has 3 aromatic carbocycles. The normalized spacial score (nSPS) is 12.2. The molecule has 0 unspecified atom stereocenters. The van der Waals surface area contributed by atoms with Crippen LogP contribution in [0.1, 0.15) is 21.6 Å². The second-order valence-electron chi connectivity index (χ2n) is 11.4. The largest absolute Gasteiger partial charge is 0.456 e. The van der Waals surface area contributed by atoms with Crippen molar-refractivity contribution in [2.45, 2.75) is 43.0 Å². The van der Waals surface area contributed by atoms with Crippen LogP contribution in [-0.2, 0) is 22.1 Å². The van der Waals surface area contributed by atoms with E-state index in [2.05, 4.69) is 47.5 Å². The Balaban J connectivity index is 1.43. The molecule has 5 rings (SSSR count). The van der Waals surface area contributed by atoms with Gasteiger partial charge in [-0.25, -0.2) is 4.98 Å². The lowest BCUT2D eigenvalue weighted by Gasteiger charge is -2.16. The fourth-order valence-corrected chi connectivity index (χ4v) is 5.78. The van der Waals surface area contributed by atoms with E-state index in [1.54, 1.807) is 24.3 Å². The number of carbonyl (C=O) groups is 1. The van der Waals surface area contributed by atoms with Gasteiger partial charge >= 0.3 is 6.18 Å². The number of aromatic nitrogens is 2. The molecule has 43 heavy (non-hydrogen) atoms. The van der Waals surface area contributed by atoms with E-state index in [0.29, 0.717) is 45.6 Å². The Bertz CT molecular complexity index is 1780. The third kappa shape index (κ3) is 7.39. The molecule has 0 saturated heterocycles. The van der Waals surface area contributed by atoms with Gasteiger partial charge in [-0.2, -0.15) is 13.2 Å². The van der Waals surface area contributed by atoms with Crippen molar-refractivity contribution in [1.29, 1.82) is 0 Å². The first-order chi connectivity index (χ1) is 20.4. The Morgan fingerprint density at radius 1 is 0.953 bits per heavy atom. The number of nitrogens with one attached hydrogen (secondary N) is 1. The molecule has 2 aromatic heterocycles. The summed E-state index contributed by atoms with van der Waals surface area (Å²) in [5, 5.41) is 4.73. The first-order valence-electron chi connectivity index (χ1n) is 13.7. The van der Waals surface area contributed by atoms with E-state index in [1.165, 1.54) is 12.1 Å². The molecule has 5 aromatic rings. The van der Waals surface area contributed by atoms with Crippen molar-refractivity contribution < 1.29 is 27.4 Å². The highest BCUT2D eigenvalue weighted by atomic mass is 127. The molecule has 2 heterocycles. The Morgan fingerprint density at radius 3 is 2.44 bits per heavy atom. The number of rotatable bonds is 10. The zero-order valence-electron chi connectivity index (χ0n) is 24.0. The third-order valence-electron chi connectivity index (χ3n) is 6.90. The summed E-state index contributed by atoms with van der Waals surface area (Å²) in [5.74, 6) is 0.646. The van der Waals surface area contributed by atoms with Crippen LogP contribution in [0.2, 0.25) is 25.7 Å². The van der Waals surface area contributed by atoms with Crippen LogP contribution in [0.15, 0.2) is 79.0 Å². The number of amides is 1. The highest BCUT2D eigenvalue weighted by Gasteiger charge is 2.30. The van der Waals surface area contributed by atoms with E-state index < -0.39 is 25.7 Å². The molecule has 0 aliphatic rings. The highest BCUT2D eigenvalue weighted by molar-refractivity contribution is 14.1. The van der Waals surface area contributed by atoms with Gasteiger partial charge in [0.1, 0.15) is 23.9 Å². The van der Waals surface area contributed by atoms with Crippen LogP contribution in [0, 0.1) is 0 Å². The lowest BCUT2D eigenvalue weighted by atomic mass is 10.0. The summed E-state index contributed by atoms with van der Waals surface area (Å²) in [6, 6.07) is 20.1. The van der Waals surface area contributed by atoms with Crippen molar-refractivity contribution in [2.24, 2.45) is 0 Å². The van der Waals surface area contributed by atoms with Gasteiger partial charge in [0, 0.05) is 48.0 Å². The van der Waals surface area contributed by atoms with Gasteiger partial charge in [-0.3, -0.25) is 4.79 Å². The number of ether oxygens (including phenoxy) is 2. The number of hydrogen-bond donors (Lipinski definition) is 1. The van der Waals surface area contributed by atoms with Crippen molar-refractivity contribution >= 4 is 64.1 Å². The molecule has 0 fully saturated rings. The number of pyridine rings is 1. The molecule has 11 heteroatoms. The molecule has 224 valence electrons. The standard InChI is InChI=1S/C32H31F3IN3O3Si/c1-43(2,3)16-15-41-20-39-14-13-27-29(18-23(19-36)37-30(27)39)42-28-12-6-9-24-25(28)10-5-11-26(24)31(40)38-22-8-4-7-21(17-22)32(33,34)35/h4-14,17-18H,15-16,19-20H2,1-3H3,(H,38,40). The topological polar surface area (TPSA) is 65.4 Å². The second kappa shape index (κ2) is 12.7. The molecule has 6 nitrogen and oxygen atoms in total. The summed E-state index contributed by atoms with van der Waals surface area (Å²) < 4.78 is 54.7. The quantitative estimate of drug-likeness (QED) is 0.0677. The fourth-order valence-electron chi connectivity index (χ4n) is 4.64. The predicted octanol–water partition coefficient (Wildman–Crippen LogP) is 9.50. The van der Waals surface area contributed by atoms with Crippen LogP contribution >= 0.6 is 22.6 Å². The highest BCUT2D eigenvalue weighted by Crippen LogP contribution is 2.36. The van der Waals surface area contributed by atoms with E-state index in [9.17, 15) is 18.0 Å². The smallest absolute Gasteiger partial charge is 0.416 e. The Hall–Kier alpha value is -3.42. The zero-order chi connectivity index (χ0) is 30.8.